The van der Waals surface area contributed by atoms with Gasteiger partial charge in [0, 0.05) is 16.1 Å². The van der Waals surface area contributed by atoms with Gasteiger partial charge >= 0.3 is 0 Å². The number of anilines is 1. The molecule has 0 fully saturated rings. The summed E-state index contributed by atoms with van der Waals surface area (Å²) in [5.41, 5.74) is 14.9. The smallest absolute Gasteiger partial charge is 0.248 e. The molecular weight excluding hydrogens is 284 g/mol. The predicted octanol–water partition coefficient (Wildman–Crippen LogP) is 2.29. The van der Waals surface area contributed by atoms with E-state index in [1.165, 1.54) is 0 Å². The van der Waals surface area contributed by atoms with Crippen molar-refractivity contribution >= 4 is 22.4 Å². The third kappa shape index (κ3) is 3.31. The van der Waals surface area contributed by atoms with Gasteiger partial charge in [-0.2, -0.15) is 0 Å². The van der Waals surface area contributed by atoms with Crippen LogP contribution in [0.2, 0.25) is 0 Å². The number of nitrogen functional groups attached to an aromatic ring is 1. The summed E-state index contributed by atoms with van der Waals surface area (Å²) >= 11 is 0. The first-order valence-electron chi connectivity index (χ1n) is 6.53. The number of carbonyl (C=O) groups is 1. The maximum absolute atomic E-state index is 12.5. The van der Waals surface area contributed by atoms with Gasteiger partial charge in [-0.1, -0.05) is 12.1 Å². The zero-order chi connectivity index (χ0) is 15.6. The quantitative estimate of drug-likeness (QED) is 0.850. The Labute approximate surface area is 126 Å². The lowest BCUT2D eigenvalue weighted by atomic mass is 10.1. The van der Waals surface area contributed by atoms with E-state index < -0.39 is 16.7 Å². The second kappa shape index (κ2) is 6.10. The fourth-order valence-electron chi connectivity index (χ4n) is 2.11. The van der Waals surface area contributed by atoms with Gasteiger partial charge in [0.05, 0.1) is 16.6 Å². The molecule has 1 unspecified atom stereocenters. The van der Waals surface area contributed by atoms with Crippen molar-refractivity contribution in [3.63, 3.8) is 0 Å². The third-order valence-corrected chi connectivity index (χ3v) is 4.99. The first-order chi connectivity index (χ1) is 9.90. The van der Waals surface area contributed by atoms with Crippen LogP contribution in [0.25, 0.3) is 0 Å². The molecule has 0 aliphatic carbocycles. The molecule has 0 heterocycles. The van der Waals surface area contributed by atoms with Gasteiger partial charge in [-0.25, -0.2) is 0 Å². The van der Waals surface area contributed by atoms with E-state index in [1.54, 1.807) is 30.3 Å². The standard InChI is InChI=1S/C16H18N2O2S/c1-10-8-12(16(18)19)6-7-13(10)9-21(20)15-5-3-4-14(17)11(15)2/h3-8H,9,17H2,1-2H3,(H2,18,19). The number of amides is 1. The highest BCUT2D eigenvalue weighted by molar-refractivity contribution is 7.84. The number of hydrogen-bond donors (Lipinski definition) is 2. The SMILES string of the molecule is Cc1cc(C(N)=O)ccc1CS(=O)c1cccc(N)c1C. The minimum Gasteiger partial charge on any atom is -0.398 e. The monoisotopic (exact) mass is 302 g/mol. The van der Waals surface area contributed by atoms with E-state index in [9.17, 15) is 9.00 Å². The number of aryl methyl sites for hydroxylation is 1. The highest BCUT2D eigenvalue weighted by Gasteiger charge is 2.12. The van der Waals surface area contributed by atoms with Crippen LogP contribution in [0.1, 0.15) is 27.0 Å². The molecule has 110 valence electrons. The van der Waals surface area contributed by atoms with Crippen molar-refractivity contribution in [2.24, 2.45) is 5.73 Å². The number of rotatable bonds is 4. The van der Waals surface area contributed by atoms with Gasteiger partial charge in [0.2, 0.25) is 5.91 Å². The highest BCUT2D eigenvalue weighted by Crippen LogP contribution is 2.22. The van der Waals surface area contributed by atoms with Crippen LogP contribution in [0.4, 0.5) is 5.69 Å². The first-order valence-corrected chi connectivity index (χ1v) is 7.85. The van der Waals surface area contributed by atoms with Crippen molar-refractivity contribution in [1.82, 2.24) is 0 Å². The summed E-state index contributed by atoms with van der Waals surface area (Å²) in [6.07, 6.45) is 0. The average Bonchev–Trinajstić information content (AvgIpc) is 2.43. The Balaban J connectivity index is 2.28. The molecule has 2 aromatic rings. The normalized spacial score (nSPS) is 12.1. The average molecular weight is 302 g/mol. The Morgan fingerprint density at radius 3 is 2.52 bits per heavy atom. The lowest BCUT2D eigenvalue weighted by Gasteiger charge is -2.10. The molecule has 0 aliphatic rings. The summed E-state index contributed by atoms with van der Waals surface area (Å²) in [5.74, 6) is -0.0766. The lowest BCUT2D eigenvalue weighted by molar-refractivity contribution is 0.1000. The highest BCUT2D eigenvalue weighted by atomic mass is 32.2. The van der Waals surface area contributed by atoms with Gasteiger partial charge in [-0.05, 0) is 54.8 Å². The number of nitrogens with two attached hydrogens (primary N) is 2. The summed E-state index contributed by atoms with van der Waals surface area (Å²) in [6.45, 7) is 3.75. The molecule has 2 rings (SSSR count). The topological polar surface area (TPSA) is 86.2 Å². The Morgan fingerprint density at radius 1 is 1.19 bits per heavy atom. The van der Waals surface area contributed by atoms with Crippen LogP contribution in [0.15, 0.2) is 41.3 Å². The van der Waals surface area contributed by atoms with Crippen LogP contribution < -0.4 is 11.5 Å². The number of benzene rings is 2. The third-order valence-electron chi connectivity index (χ3n) is 3.48. The molecule has 1 amide bonds. The van der Waals surface area contributed by atoms with Crippen molar-refractivity contribution in [2.75, 3.05) is 5.73 Å². The van der Waals surface area contributed by atoms with Crippen LogP contribution in [-0.4, -0.2) is 10.1 Å². The van der Waals surface area contributed by atoms with Crippen molar-refractivity contribution < 1.29 is 9.00 Å². The van der Waals surface area contributed by atoms with E-state index in [4.69, 9.17) is 11.5 Å². The van der Waals surface area contributed by atoms with Gasteiger partial charge < -0.3 is 11.5 Å². The van der Waals surface area contributed by atoms with Crippen molar-refractivity contribution in [2.45, 2.75) is 24.5 Å². The zero-order valence-corrected chi connectivity index (χ0v) is 12.9. The van der Waals surface area contributed by atoms with Crippen LogP contribution in [0, 0.1) is 13.8 Å². The van der Waals surface area contributed by atoms with Crippen LogP contribution in [0.5, 0.6) is 0 Å². The molecule has 0 bridgehead atoms. The van der Waals surface area contributed by atoms with E-state index in [-0.39, 0.29) is 0 Å². The molecule has 5 heteroatoms. The second-order valence-corrected chi connectivity index (χ2v) is 6.39. The molecule has 4 N–H and O–H groups in total. The van der Waals surface area contributed by atoms with Crippen LogP contribution in [-0.2, 0) is 16.6 Å². The van der Waals surface area contributed by atoms with Gasteiger partial charge in [0.25, 0.3) is 0 Å². The van der Waals surface area contributed by atoms with Gasteiger partial charge in [0.1, 0.15) is 0 Å². The number of carbonyl (C=O) groups excluding carboxylic acids is 1. The Morgan fingerprint density at radius 2 is 1.90 bits per heavy atom. The summed E-state index contributed by atoms with van der Waals surface area (Å²) in [7, 11) is -1.18. The van der Waals surface area contributed by atoms with Crippen molar-refractivity contribution in [3.8, 4) is 0 Å². The predicted molar refractivity (Wildman–Crippen MR) is 85.4 cm³/mol. The Hall–Kier alpha value is -2.14. The Kier molecular flexibility index (Phi) is 4.43. The van der Waals surface area contributed by atoms with Gasteiger partial charge in [-0.15, -0.1) is 0 Å². The largest absolute Gasteiger partial charge is 0.398 e. The van der Waals surface area contributed by atoms with Crippen molar-refractivity contribution in [1.29, 1.82) is 0 Å². The molecule has 0 aliphatic heterocycles. The maximum atomic E-state index is 12.5. The summed E-state index contributed by atoms with van der Waals surface area (Å²) in [5, 5.41) is 0. The van der Waals surface area contributed by atoms with Crippen molar-refractivity contribution in [3.05, 3.63) is 58.7 Å². The second-order valence-electron chi connectivity index (χ2n) is 4.97. The molecule has 0 radical (unpaired) electrons. The maximum Gasteiger partial charge on any atom is 0.248 e. The van der Waals surface area contributed by atoms with E-state index in [1.807, 2.05) is 19.9 Å². The molecule has 0 spiro atoms. The lowest BCUT2D eigenvalue weighted by Crippen LogP contribution is -2.11. The molecule has 0 saturated heterocycles. The van der Waals surface area contributed by atoms with Crippen LogP contribution >= 0.6 is 0 Å². The molecular formula is C16H18N2O2S. The first kappa shape index (κ1) is 15.3. The van der Waals surface area contributed by atoms with E-state index >= 15 is 0 Å². The molecule has 0 aromatic heterocycles. The molecule has 1 atom stereocenters. The fourth-order valence-corrected chi connectivity index (χ4v) is 3.56. The number of hydrogen-bond acceptors (Lipinski definition) is 3. The molecule has 2 aromatic carbocycles. The Bertz CT molecular complexity index is 726. The van der Waals surface area contributed by atoms with Crippen LogP contribution in [0.3, 0.4) is 0 Å². The fraction of sp³-hybridized carbons (Fsp3) is 0.188. The zero-order valence-electron chi connectivity index (χ0n) is 12.1. The summed E-state index contributed by atoms with van der Waals surface area (Å²) < 4.78 is 12.5. The van der Waals surface area contributed by atoms with E-state index in [0.29, 0.717) is 17.0 Å². The molecule has 4 nitrogen and oxygen atoms in total. The van der Waals surface area contributed by atoms with E-state index in [0.717, 1.165) is 21.6 Å². The van der Waals surface area contributed by atoms with Gasteiger partial charge in [0.15, 0.2) is 0 Å². The van der Waals surface area contributed by atoms with Gasteiger partial charge in [-0.3, -0.25) is 9.00 Å². The molecule has 0 saturated carbocycles. The number of primary amides is 1. The summed E-state index contributed by atoms with van der Waals surface area (Å²) in [6, 6.07) is 10.6. The van der Waals surface area contributed by atoms with E-state index in [2.05, 4.69) is 0 Å². The minimum absolute atomic E-state index is 0.384. The minimum atomic E-state index is -1.18. The summed E-state index contributed by atoms with van der Waals surface area (Å²) in [4.78, 5) is 11.9. The molecule has 21 heavy (non-hydrogen) atoms.